The Morgan fingerprint density at radius 2 is 2.00 bits per heavy atom. The number of carboxylic acid groups (broad SMARTS) is 1. The topological polar surface area (TPSA) is 83.9 Å². The van der Waals surface area contributed by atoms with Crippen LogP contribution in [0.3, 0.4) is 0 Å². The highest BCUT2D eigenvalue weighted by Crippen LogP contribution is 2.20. The van der Waals surface area contributed by atoms with E-state index in [0.717, 1.165) is 16.7 Å². The van der Waals surface area contributed by atoms with E-state index >= 15 is 0 Å². The molecule has 0 radical (unpaired) electrons. The lowest BCUT2D eigenvalue weighted by atomic mass is 10.1. The number of hydrogen-bond acceptors (Lipinski definition) is 4. The molecule has 0 aromatic heterocycles. The fourth-order valence-corrected chi connectivity index (χ4v) is 4.10. The van der Waals surface area contributed by atoms with Crippen LogP contribution in [-0.4, -0.2) is 49.6 Å². The van der Waals surface area contributed by atoms with Gasteiger partial charge in [-0.3, -0.25) is 0 Å². The third kappa shape index (κ3) is 3.61. The van der Waals surface area contributed by atoms with Gasteiger partial charge >= 0.3 is 5.97 Å². The Balaban J connectivity index is 2.20. The Hall–Kier alpha value is -1.44. The van der Waals surface area contributed by atoms with Gasteiger partial charge in [-0.1, -0.05) is 18.2 Å². The van der Waals surface area contributed by atoms with Gasteiger partial charge in [0.05, 0.1) is 18.9 Å². The minimum Gasteiger partial charge on any atom is -0.479 e. The van der Waals surface area contributed by atoms with E-state index in [1.54, 1.807) is 0 Å². The monoisotopic (exact) mass is 313 g/mol. The highest BCUT2D eigenvalue weighted by molar-refractivity contribution is 7.88. The van der Waals surface area contributed by atoms with Crippen LogP contribution in [0.2, 0.25) is 0 Å². The van der Waals surface area contributed by atoms with Gasteiger partial charge in [-0.05, 0) is 30.5 Å². The first kappa shape index (κ1) is 15.9. The summed E-state index contributed by atoms with van der Waals surface area (Å²) in [6, 6.07) is 5.63. The molecule has 1 aliphatic rings. The average Bonchev–Trinajstić information content (AvgIpc) is 2.43. The molecule has 1 heterocycles. The van der Waals surface area contributed by atoms with Gasteiger partial charge in [0.25, 0.3) is 0 Å². The number of sulfonamides is 1. The number of aryl methyl sites for hydroxylation is 2. The third-order valence-corrected chi connectivity index (χ3v) is 5.44. The number of rotatable bonds is 4. The number of aliphatic carboxylic acids is 1. The first-order chi connectivity index (χ1) is 9.81. The Morgan fingerprint density at radius 1 is 1.38 bits per heavy atom. The largest absolute Gasteiger partial charge is 0.479 e. The molecule has 1 saturated heterocycles. The van der Waals surface area contributed by atoms with Gasteiger partial charge in [-0.15, -0.1) is 0 Å². The van der Waals surface area contributed by atoms with Crippen molar-refractivity contribution in [2.45, 2.75) is 25.7 Å². The average molecular weight is 313 g/mol. The van der Waals surface area contributed by atoms with E-state index in [1.807, 2.05) is 32.0 Å². The Kier molecular flexibility index (Phi) is 4.65. The van der Waals surface area contributed by atoms with Crippen molar-refractivity contribution in [2.75, 3.05) is 19.7 Å². The third-order valence-electron chi connectivity index (χ3n) is 3.67. The Bertz CT molecular complexity index is 621. The quantitative estimate of drug-likeness (QED) is 0.893. The molecule has 1 aromatic carbocycles. The smallest absolute Gasteiger partial charge is 0.334 e. The highest BCUT2D eigenvalue weighted by atomic mass is 32.2. The minimum absolute atomic E-state index is 0.100. The van der Waals surface area contributed by atoms with Crippen molar-refractivity contribution in [2.24, 2.45) is 0 Å². The molecule has 6 nitrogen and oxygen atoms in total. The fourth-order valence-electron chi connectivity index (χ4n) is 2.38. The molecule has 0 saturated carbocycles. The summed E-state index contributed by atoms with van der Waals surface area (Å²) in [5.74, 6) is -1.25. The van der Waals surface area contributed by atoms with Crippen LogP contribution in [0, 0.1) is 13.8 Å². The van der Waals surface area contributed by atoms with E-state index in [1.165, 1.54) is 4.31 Å². The number of carbonyl (C=O) groups is 1. The van der Waals surface area contributed by atoms with E-state index in [9.17, 15) is 13.2 Å². The predicted octanol–water partition coefficient (Wildman–Crippen LogP) is 0.919. The molecule has 21 heavy (non-hydrogen) atoms. The molecule has 1 fully saturated rings. The molecule has 116 valence electrons. The summed E-state index contributed by atoms with van der Waals surface area (Å²) in [6.45, 7) is 3.90. The molecule has 1 aromatic rings. The standard InChI is InChI=1S/C14H19NO5S/c1-10-4-3-5-11(2)12(10)9-21(18,19)15-6-7-20-13(8-15)14(16)17/h3-5,13H,6-9H2,1-2H3,(H,16,17). The number of benzene rings is 1. The second-order valence-electron chi connectivity index (χ2n) is 5.18. The molecule has 1 unspecified atom stereocenters. The first-order valence-corrected chi connectivity index (χ1v) is 8.29. The summed E-state index contributed by atoms with van der Waals surface area (Å²) in [4.78, 5) is 10.9. The summed E-state index contributed by atoms with van der Waals surface area (Å²) in [7, 11) is -3.56. The zero-order valence-corrected chi connectivity index (χ0v) is 12.9. The lowest BCUT2D eigenvalue weighted by Gasteiger charge is -2.30. The van der Waals surface area contributed by atoms with Crippen molar-refractivity contribution in [1.29, 1.82) is 0 Å². The van der Waals surface area contributed by atoms with Crippen LogP contribution < -0.4 is 0 Å². The normalized spacial score (nSPS) is 20.4. The van der Waals surface area contributed by atoms with Crippen molar-refractivity contribution in [3.05, 3.63) is 34.9 Å². The van der Waals surface area contributed by atoms with Crippen LogP contribution in [-0.2, 0) is 25.3 Å². The second kappa shape index (κ2) is 6.13. The van der Waals surface area contributed by atoms with Gasteiger partial charge in [0.15, 0.2) is 6.10 Å². The molecule has 7 heteroatoms. The van der Waals surface area contributed by atoms with E-state index in [0.29, 0.717) is 0 Å². The second-order valence-corrected chi connectivity index (χ2v) is 7.15. The summed E-state index contributed by atoms with van der Waals surface area (Å²) in [5.41, 5.74) is 2.61. The van der Waals surface area contributed by atoms with Crippen molar-refractivity contribution in [3.8, 4) is 0 Å². The molecule has 0 spiro atoms. The van der Waals surface area contributed by atoms with Crippen LogP contribution >= 0.6 is 0 Å². The molecule has 0 aliphatic carbocycles. The molecule has 0 amide bonds. The molecular formula is C14H19NO5S. The van der Waals surface area contributed by atoms with Crippen molar-refractivity contribution in [1.82, 2.24) is 4.31 Å². The van der Waals surface area contributed by atoms with E-state index in [-0.39, 0.29) is 25.4 Å². The SMILES string of the molecule is Cc1cccc(C)c1CS(=O)(=O)N1CCOC(C(=O)O)C1. The first-order valence-electron chi connectivity index (χ1n) is 6.68. The maximum atomic E-state index is 12.5. The molecule has 1 aliphatic heterocycles. The molecular weight excluding hydrogens is 294 g/mol. The molecule has 2 rings (SSSR count). The summed E-state index contributed by atoms with van der Waals surface area (Å²) < 4.78 is 31.3. The van der Waals surface area contributed by atoms with Crippen LogP contribution in [0.25, 0.3) is 0 Å². The van der Waals surface area contributed by atoms with Crippen LogP contribution in [0.4, 0.5) is 0 Å². The van der Waals surface area contributed by atoms with E-state index < -0.39 is 22.1 Å². The van der Waals surface area contributed by atoms with Gasteiger partial charge in [-0.2, -0.15) is 4.31 Å². The van der Waals surface area contributed by atoms with Crippen molar-refractivity contribution in [3.63, 3.8) is 0 Å². The zero-order chi connectivity index (χ0) is 15.6. The maximum Gasteiger partial charge on any atom is 0.334 e. The summed E-state index contributed by atoms with van der Waals surface area (Å²) in [5, 5.41) is 8.95. The summed E-state index contributed by atoms with van der Waals surface area (Å²) >= 11 is 0. The minimum atomic E-state index is -3.56. The fraction of sp³-hybridized carbons (Fsp3) is 0.500. The van der Waals surface area contributed by atoms with Gasteiger partial charge in [0, 0.05) is 6.54 Å². The summed E-state index contributed by atoms with van der Waals surface area (Å²) in [6.07, 6.45) is -1.09. The maximum absolute atomic E-state index is 12.5. The highest BCUT2D eigenvalue weighted by Gasteiger charge is 2.33. The molecule has 0 bridgehead atoms. The number of nitrogens with zero attached hydrogens (tertiary/aromatic N) is 1. The number of hydrogen-bond donors (Lipinski definition) is 1. The molecule has 1 atom stereocenters. The molecule has 1 N–H and O–H groups in total. The Morgan fingerprint density at radius 3 is 2.57 bits per heavy atom. The lowest BCUT2D eigenvalue weighted by molar-refractivity contribution is -0.153. The van der Waals surface area contributed by atoms with Gasteiger partial charge in [0.1, 0.15) is 0 Å². The van der Waals surface area contributed by atoms with E-state index in [4.69, 9.17) is 9.84 Å². The number of carboxylic acids is 1. The number of ether oxygens (including phenoxy) is 1. The van der Waals surface area contributed by atoms with Crippen molar-refractivity contribution >= 4 is 16.0 Å². The predicted molar refractivity (Wildman–Crippen MR) is 77.5 cm³/mol. The zero-order valence-electron chi connectivity index (χ0n) is 12.1. The van der Waals surface area contributed by atoms with Crippen LogP contribution in [0.5, 0.6) is 0 Å². The van der Waals surface area contributed by atoms with E-state index in [2.05, 4.69) is 0 Å². The number of morpholine rings is 1. The Labute approximate surface area is 124 Å². The lowest BCUT2D eigenvalue weighted by Crippen LogP contribution is -2.48. The van der Waals surface area contributed by atoms with Gasteiger partial charge < -0.3 is 9.84 Å². The van der Waals surface area contributed by atoms with Gasteiger partial charge in [-0.25, -0.2) is 13.2 Å². The van der Waals surface area contributed by atoms with Crippen molar-refractivity contribution < 1.29 is 23.1 Å². The van der Waals surface area contributed by atoms with Crippen LogP contribution in [0.1, 0.15) is 16.7 Å². The van der Waals surface area contributed by atoms with Gasteiger partial charge in [0.2, 0.25) is 10.0 Å². The van der Waals surface area contributed by atoms with Crippen LogP contribution in [0.15, 0.2) is 18.2 Å².